The summed E-state index contributed by atoms with van der Waals surface area (Å²) in [6.07, 6.45) is 2.24. The Hall–Kier alpha value is -3.45. The molecule has 2 aromatic rings. The molecule has 6 rings (SSSR count). The standard InChI is InChI=1S/C33H48FN7O5/c1-32(2,3)33(4)18-24(28(33)36-30(44)45)40-16-14-38(15-17-40)19-20-10-12-39(13-11-20)21-6-7-22-27(26(21)34)37(5)31(46)41(22)23-8-9-25(42)35-29(23)43/h6-7,20,23-24,28,36H,8-19H2,1-5H3,(H,44,45)(H,35,42,43)/t23?,24-,28?,33+/m0/s1. The molecule has 4 atom stereocenters. The van der Waals surface area contributed by atoms with Crippen LogP contribution in [0.2, 0.25) is 0 Å². The highest BCUT2D eigenvalue weighted by atomic mass is 19.1. The molecule has 4 aliphatic rings. The topological polar surface area (TPSA) is 132 Å². The van der Waals surface area contributed by atoms with Gasteiger partial charge in [0.2, 0.25) is 11.8 Å². The lowest BCUT2D eigenvalue weighted by Crippen LogP contribution is -2.73. The van der Waals surface area contributed by atoms with E-state index < -0.39 is 29.5 Å². The highest BCUT2D eigenvalue weighted by Crippen LogP contribution is 2.55. The lowest BCUT2D eigenvalue weighted by molar-refractivity contribution is -0.135. The summed E-state index contributed by atoms with van der Waals surface area (Å²) in [4.78, 5) is 55.9. The molecule has 1 aromatic carbocycles. The quantitative estimate of drug-likeness (QED) is 0.411. The van der Waals surface area contributed by atoms with Crippen LogP contribution in [0.5, 0.6) is 0 Å². The number of carboxylic acid groups (broad SMARTS) is 1. The van der Waals surface area contributed by atoms with E-state index >= 15 is 4.39 Å². The number of carbonyl (C=O) groups excluding carboxylic acids is 2. The normalized spacial score (nSPS) is 28.7. The molecule has 3 aliphatic heterocycles. The number of aromatic nitrogens is 2. The minimum atomic E-state index is -0.954. The summed E-state index contributed by atoms with van der Waals surface area (Å²) in [6.45, 7) is 14.9. The maximum absolute atomic E-state index is 16.0. The molecule has 0 spiro atoms. The molecule has 1 aromatic heterocycles. The van der Waals surface area contributed by atoms with E-state index in [0.29, 0.717) is 30.2 Å². The van der Waals surface area contributed by atoms with Gasteiger partial charge in [0.25, 0.3) is 0 Å². The van der Waals surface area contributed by atoms with Gasteiger partial charge >= 0.3 is 11.8 Å². The SMILES string of the molecule is Cn1c(=O)n(C2CCC(=O)NC2=O)c2ccc(N3CCC(CN4CCN([C@H]5C[C@@](C)(C(C)(C)C)C5NC(=O)O)CC4)CC3)c(F)c21. The number of carbonyl (C=O) groups is 3. The van der Waals surface area contributed by atoms with Gasteiger partial charge in [-0.2, -0.15) is 0 Å². The Morgan fingerprint density at radius 2 is 1.74 bits per heavy atom. The first-order chi connectivity index (χ1) is 21.7. The number of nitrogens with one attached hydrogen (secondary N) is 2. The van der Waals surface area contributed by atoms with Crippen LogP contribution in [-0.4, -0.2) is 99.8 Å². The lowest BCUT2D eigenvalue weighted by atomic mass is 9.50. The molecule has 12 nitrogen and oxygen atoms in total. The summed E-state index contributed by atoms with van der Waals surface area (Å²) in [7, 11) is 1.52. The monoisotopic (exact) mass is 641 g/mol. The second kappa shape index (κ2) is 12.0. The van der Waals surface area contributed by atoms with E-state index in [-0.39, 0.29) is 47.2 Å². The second-order valence-electron chi connectivity index (χ2n) is 15.1. The Labute approximate surface area is 268 Å². The van der Waals surface area contributed by atoms with Gasteiger partial charge < -0.3 is 20.2 Å². The van der Waals surface area contributed by atoms with Gasteiger partial charge in [-0.05, 0) is 54.6 Å². The van der Waals surface area contributed by atoms with Crippen molar-refractivity contribution in [3.63, 3.8) is 0 Å². The van der Waals surface area contributed by atoms with Crippen molar-refractivity contribution in [1.29, 1.82) is 0 Å². The van der Waals surface area contributed by atoms with Crippen molar-refractivity contribution in [3.05, 3.63) is 28.4 Å². The maximum Gasteiger partial charge on any atom is 0.404 e. The Morgan fingerprint density at radius 3 is 2.35 bits per heavy atom. The number of nitrogens with zero attached hydrogens (tertiary/aromatic N) is 5. The third-order valence-corrected chi connectivity index (χ3v) is 11.7. The van der Waals surface area contributed by atoms with E-state index in [4.69, 9.17) is 0 Å². The number of piperazine rings is 1. The molecule has 1 aliphatic carbocycles. The largest absolute Gasteiger partial charge is 0.465 e. The molecule has 4 heterocycles. The summed E-state index contributed by atoms with van der Waals surface area (Å²) < 4.78 is 18.6. The fourth-order valence-corrected chi connectivity index (χ4v) is 8.34. The van der Waals surface area contributed by atoms with Crippen LogP contribution in [0.1, 0.15) is 65.8 Å². The van der Waals surface area contributed by atoms with Gasteiger partial charge in [0.15, 0.2) is 5.82 Å². The van der Waals surface area contributed by atoms with E-state index in [0.717, 1.165) is 52.0 Å². The van der Waals surface area contributed by atoms with Crippen LogP contribution in [0.15, 0.2) is 16.9 Å². The molecule has 0 radical (unpaired) electrons. The molecule has 3 saturated heterocycles. The van der Waals surface area contributed by atoms with Crippen LogP contribution >= 0.6 is 0 Å². The number of amides is 3. The smallest absolute Gasteiger partial charge is 0.404 e. The Morgan fingerprint density at radius 1 is 1.07 bits per heavy atom. The number of hydrogen-bond donors (Lipinski definition) is 3. The third kappa shape index (κ3) is 5.59. The van der Waals surface area contributed by atoms with E-state index in [1.807, 2.05) is 0 Å². The molecule has 2 unspecified atom stereocenters. The number of benzene rings is 1. The first-order valence-corrected chi connectivity index (χ1v) is 16.6. The van der Waals surface area contributed by atoms with Gasteiger partial charge in [0.1, 0.15) is 11.6 Å². The number of hydrogen-bond acceptors (Lipinski definition) is 7. The minimum absolute atomic E-state index is 0.000495. The van der Waals surface area contributed by atoms with Crippen LogP contribution in [0.3, 0.4) is 0 Å². The number of fused-ring (bicyclic) bond motifs is 1. The first-order valence-electron chi connectivity index (χ1n) is 16.6. The van der Waals surface area contributed by atoms with Crippen molar-refractivity contribution >= 4 is 34.6 Å². The molecule has 3 amide bonds. The number of imide groups is 1. The van der Waals surface area contributed by atoms with E-state index in [2.05, 4.69) is 53.0 Å². The maximum atomic E-state index is 16.0. The first kappa shape index (κ1) is 32.5. The van der Waals surface area contributed by atoms with Crippen molar-refractivity contribution < 1.29 is 23.9 Å². The van der Waals surface area contributed by atoms with Gasteiger partial charge in [0, 0.05) is 65.3 Å². The number of imidazole rings is 1. The molecule has 1 saturated carbocycles. The molecule has 0 bridgehead atoms. The van der Waals surface area contributed by atoms with Gasteiger partial charge in [-0.3, -0.25) is 28.9 Å². The van der Waals surface area contributed by atoms with Crippen molar-refractivity contribution in [1.82, 2.24) is 29.6 Å². The Balaban J connectivity index is 1.05. The Kier molecular flexibility index (Phi) is 8.45. The molecule has 252 valence electrons. The minimum Gasteiger partial charge on any atom is -0.465 e. The van der Waals surface area contributed by atoms with Crippen molar-refractivity contribution in [2.45, 2.75) is 77.9 Å². The molecular weight excluding hydrogens is 593 g/mol. The predicted octanol–water partition coefficient (Wildman–Crippen LogP) is 2.75. The van der Waals surface area contributed by atoms with Gasteiger partial charge in [0.05, 0.1) is 17.2 Å². The number of anilines is 1. The average molecular weight is 642 g/mol. The average Bonchev–Trinajstić information content (AvgIpc) is 3.25. The zero-order valence-corrected chi connectivity index (χ0v) is 27.6. The number of aryl methyl sites for hydroxylation is 1. The molecule has 13 heteroatoms. The number of piperidine rings is 2. The van der Waals surface area contributed by atoms with E-state index in [9.17, 15) is 24.3 Å². The Bertz CT molecular complexity index is 1580. The number of halogens is 1. The van der Waals surface area contributed by atoms with Crippen LogP contribution in [0.25, 0.3) is 11.0 Å². The van der Waals surface area contributed by atoms with Crippen LogP contribution in [0.4, 0.5) is 14.9 Å². The summed E-state index contributed by atoms with van der Waals surface area (Å²) in [5.41, 5.74) is 0.419. The summed E-state index contributed by atoms with van der Waals surface area (Å²) >= 11 is 0. The molecule has 46 heavy (non-hydrogen) atoms. The van der Waals surface area contributed by atoms with Crippen molar-refractivity contribution in [2.24, 2.45) is 23.8 Å². The summed E-state index contributed by atoms with van der Waals surface area (Å²) in [5.74, 6) is -0.867. The van der Waals surface area contributed by atoms with Crippen LogP contribution in [-0.2, 0) is 16.6 Å². The molecule has 4 fully saturated rings. The predicted molar refractivity (Wildman–Crippen MR) is 172 cm³/mol. The van der Waals surface area contributed by atoms with Crippen LogP contribution < -0.4 is 21.2 Å². The highest BCUT2D eigenvalue weighted by Gasteiger charge is 2.59. The fraction of sp³-hybridized carbons (Fsp3) is 0.697. The summed E-state index contributed by atoms with van der Waals surface area (Å²) in [5, 5.41) is 14.7. The van der Waals surface area contributed by atoms with Crippen molar-refractivity contribution in [3.8, 4) is 0 Å². The lowest BCUT2D eigenvalue weighted by Gasteiger charge is -2.63. The van der Waals surface area contributed by atoms with Crippen LogP contribution in [0, 0.1) is 22.6 Å². The molecular formula is C33H48FN7O5. The summed E-state index contributed by atoms with van der Waals surface area (Å²) in [6, 6.07) is 2.71. The third-order valence-electron chi connectivity index (χ3n) is 11.7. The zero-order chi connectivity index (χ0) is 33.1. The van der Waals surface area contributed by atoms with Crippen molar-refractivity contribution in [2.75, 3.05) is 50.7 Å². The zero-order valence-electron chi connectivity index (χ0n) is 27.6. The molecule has 3 N–H and O–H groups in total. The van der Waals surface area contributed by atoms with Gasteiger partial charge in [-0.1, -0.05) is 27.7 Å². The fourth-order valence-electron chi connectivity index (χ4n) is 8.34. The van der Waals surface area contributed by atoms with Gasteiger partial charge in [-0.25, -0.2) is 14.0 Å². The second-order valence-corrected chi connectivity index (χ2v) is 15.1. The number of rotatable bonds is 6. The van der Waals surface area contributed by atoms with E-state index in [1.165, 1.54) is 16.2 Å². The highest BCUT2D eigenvalue weighted by molar-refractivity contribution is 6.00. The van der Waals surface area contributed by atoms with E-state index in [1.54, 1.807) is 12.1 Å². The van der Waals surface area contributed by atoms with Gasteiger partial charge in [-0.15, -0.1) is 0 Å².